The van der Waals surface area contributed by atoms with Crippen LogP contribution in [0.1, 0.15) is 36.0 Å². The number of benzene rings is 3. The summed E-state index contributed by atoms with van der Waals surface area (Å²) in [6.45, 7) is 4.34. The summed E-state index contributed by atoms with van der Waals surface area (Å²) < 4.78 is 16.1. The van der Waals surface area contributed by atoms with Crippen LogP contribution in [0.2, 0.25) is 0 Å². The fourth-order valence-corrected chi connectivity index (χ4v) is 3.20. The summed E-state index contributed by atoms with van der Waals surface area (Å²) >= 11 is 0. The summed E-state index contributed by atoms with van der Waals surface area (Å²) in [5.74, 6) is 0.522. The minimum atomic E-state index is -0.443. The van der Waals surface area contributed by atoms with E-state index in [1.165, 1.54) is 0 Å². The molecule has 3 rings (SSSR count). The number of esters is 2. The van der Waals surface area contributed by atoms with Gasteiger partial charge in [-0.3, -0.25) is 0 Å². The lowest BCUT2D eigenvalue weighted by atomic mass is 10.1. The van der Waals surface area contributed by atoms with E-state index in [2.05, 4.69) is 6.58 Å². The van der Waals surface area contributed by atoms with Crippen molar-refractivity contribution in [1.29, 1.82) is 0 Å². The highest BCUT2D eigenvalue weighted by Gasteiger charge is 2.09. The van der Waals surface area contributed by atoms with Gasteiger partial charge >= 0.3 is 11.9 Å². The molecule has 6 nitrogen and oxygen atoms in total. The highest BCUT2D eigenvalue weighted by Crippen LogP contribution is 2.25. The van der Waals surface area contributed by atoms with Crippen molar-refractivity contribution in [3.63, 3.8) is 0 Å². The largest absolute Gasteiger partial charge is 0.508 e. The van der Waals surface area contributed by atoms with Crippen molar-refractivity contribution in [2.45, 2.75) is 25.7 Å². The number of hydrogen-bond donors (Lipinski definition) is 1. The second-order valence-corrected chi connectivity index (χ2v) is 7.62. The first-order valence-electron chi connectivity index (χ1n) is 11.2. The van der Waals surface area contributed by atoms with Gasteiger partial charge in [0.1, 0.15) is 17.2 Å². The molecule has 3 aromatic rings. The summed E-state index contributed by atoms with van der Waals surface area (Å²) in [5, 5.41) is 9.40. The van der Waals surface area contributed by atoms with Crippen LogP contribution in [0.4, 0.5) is 0 Å². The van der Waals surface area contributed by atoms with E-state index in [0.717, 1.165) is 42.9 Å². The molecule has 34 heavy (non-hydrogen) atoms. The molecule has 0 saturated carbocycles. The molecule has 0 aliphatic carbocycles. The van der Waals surface area contributed by atoms with Crippen LogP contribution < -0.4 is 9.47 Å². The van der Waals surface area contributed by atoms with Crippen LogP contribution in [0.3, 0.4) is 0 Å². The van der Waals surface area contributed by atoms with Crippen LogP contribution in [0.15, 0.2) is 85.5 Å². The lowest BCUT2D eigenvalue weighted by molar-refractivity contribution is -0.137. The monoisotopic (exact) mass is 460 g/mol. The highest BCUT2D eigenvalue weighted by molar-refractivity contribution is 5.91. The van der Waals surface area contributed by atoms with Gasteiger partial charge in [0.2, 0.25) is 0 Å². The predicted molar refractivity (Wildman–Crippen MR) is 130 cm³/mol. The molecule has 0 unspecified atom stereocenters. The first-order chi connectivity index (χ1) is 16.5. The maximum atomic E-state index is 12.4. The molecule has 0 spiro atoms. The first-order valence-corrected chi connectivity index (χ1v) is 11.2. The van der Waals surface area contributed by atoms with Crippen molar-refractivity contribution < 1.29 is 28.9 Å². The number of carbonyl (C=O) groups excluding carboxylic acids is 2. The number of aromatic hydroxyl groups is 1. The van der Waals surface area contributed by atoms with Crippen LogP contribution in [-0.2, 0) is 9.53 Å². The van der Waals surface area contributed by atoms with Gasteiger partial charge in [-0.25, -0.2) is 9.59 Å². The fraction of sp³-hybridized carbons (Fsp3) is 0.214. The maximum absolute atomic E-state index is 12.4. The summed E-state index contributed by atoms with van der Waals surface area (Å²) in [5.41, 5.74) is 2.35. The second kappa shape index (κ2) is 12.8. The van der Waals surface area contributed by atoms with Gasteiger partial charge in [0, 0.05) is 6.08 Å². The van der Waals surface area contributed by atoms with E-state index in [9.17, 15) is 14.7 Å². The number of unbranched alkanes of at least 4 members (excludes halogenated alkanes) is 3. The molecular weight excluding hydrogens is 432 g/mol. The molecule has 1 N–H and O–H groups in total. The number of ether oxygens (including phenoxy) is 3. The maximum Gasteiger partial charge on any atom is 0.343 e. The second-order valence-electron chi connectivity index (χ2n) is 7.62. The van der Waals surface area contributed by atoms with E-state index < -0.39 is 5.97 Å². The molecular formula is C28H28O6. The minimum Gasteiger partial charge on any atom is -0.508 e. The molecule has 0 heterocycles. The third kappa shape index (κ3) is 7.81. The first kappa shape index (κ1) is 24.6. The van der Waals surface area contributed by atoms with Crippen LogP contribution in [0.25, 0.3) is 11.1 Å². The van der Waals surface area contributed by atoms with Crippen molar-refractivity contribution in [2.24, 2.45) is 0 Å². The third-order valence-electron chi connectivity index (χ3n) is 5.07. The normalized spacial score (nSPS) is 10.4. The van der Waals surface area contributed by atoms with E-state index >= 15 is 0 Å². The van der Waals surface area contributed by atoms with Crippen molar-refractivity contribution in [3.8, 4) is 28.4 Å². The van der Waals surface area contributed by atoms with Crippen molar-refractivity contribution in [3.05, 3.63) is 91.0 Å². The Hall–Kier alpha value is -4.06. The number of rotatable bonds is 12. The third-order valence-corrected chi connectivity index (χ3v) is 5.07. The van der Waals surface area contributed by atoms with E-state index in [1.807, 2.05) is 24.3 Å². The molecule has 0 saturated heterocycles. The number of phenolic OH excluding ortho intramolecular Hbond substituents is 1. The molecule has 0 radical (unpaired) electrons. The molecule has 0 aromatic heterocycles. The van der Waals surface area contributed by atoms with Gasteiger partial charge in [0.05, 0.1) is 18.8 Å². The highest BCUT2D eigenvalue weighted by atomic mass is 16.5. The lowest BCUT2D eigenvalue weighted by Crippen LogP contribution is -2.08. The Morgan fingerprint density at radius 3 is 1.91 bits per heavy atom. The number of phenols is 1. The molecule has 6 heteroatoms. The van der Waals surface area contributed by atoms with Crippen LogP contribution in [-0.4, -0.2) is 30.3 Å². The SMILES string of the molecule is C=CC(=O)OCCCCCCOc1ccc(C(=O)Oc2ccc(-c3ccc(O)cc3)cc2)cc1. The fourth-order valence-electron chi connectivity index (χ4n) is 3.20. The average molecular weight is 461 g/mol. The van der Waals surface area contributed by atoms with Gasteiger partial charge in [-0.1, -0.05) is 30.8 Å². The summed E-state index contributed by atoms with van der Waals surface area (Å²) in [4.78, 5) is 23.4. The van der Waals surface area contributed by atoms with E-state index in [0.29, 0.717) is 30.3 Å². The summed E-state index contributed by atoms with van der Waals surface area (Å²) in [6, 6.07) is 21.0. The molecule has 3 aromatic carbocycles. The van der Waals surface area contributed by atoms with Crippen molar-refractivity contribution in [2.75, 3.05) is 13.2 Å². The molecule has 0 aliphatic heterocycles. The van der Waals surface area contributed by atoms with E-state index in [-0.39, 0.29) is 11.7 Å². The summed E-state index contributed by atoms with van der Waals surface area (Å²) in [6.07, 6.45) is 4.79. The zero-order valence-electron chi connectivity index (χ0n) is 18.9. The minimum absolute atomic E-state index is 0.214. The number of carbonyl (C=O) groups is 2. The van der Waals surface area contributed by atoms with Crippen LogP contribution in [0, 0.1) is 0 Å². The summed E-state index contributed by atoms with van der Waals surface area (Å²) in [7, 11) is 0. The molecule has 0 bridgehead atoms. The van der Waals surface area contributed by atoms with Gasteiger partial charge in [-0.2, -0.15) is 0 Å². The molecule has 0 atom stereocenters. The van der Waals surface area contributed by atoms with Gasteiger partial charge < -0.3 is 19.3 Å². The quantitative estimate of drug-likeness (QED) is 0.156. The topological polar surface area (TPSA) is 82.1 Å². The van der Waals surface area contributed by atoms with Crippen molar-refractivity contribution in [1.82, 2.24) is 0 Å². The Bertz CT molecular complexity index is 1070. The predicted octanol–water partition coefficient (Wildman–Crippen LogP) is 5.95. The Labute approximate surface area is 199 Å². The zero-order valence-corrected chi connectivity index (χ0v) is 18.9. The van der Waals surface area contributed by atoms with Crippen molar-refractivity contribution >= 4 is 11.9 Å². The Morgan fingerprint density at radius 1 is 0.735 bits per heavy atom. The number of hydrogen-bond acceptors (Lipinski definition) is 6. The molecule has 176 valence electrons. The lowest BCUT2D eigenvalue weighted by Gasteiger charge is -2.08. The molecule has 0 aliphatic rings. The van der Waals surface area contributed by atoms with E-state index in [4.69, 9.17) is 14.2 Å². The van der Waals surface area contributed by atoms with Gasteiger partial charge in [-0.15, -0.1) is 0 Å². The average Bonchev–Trinajstić information content (AvgIpc) is 2.86. The zero-order chi connectivity index (χ0) is 24.2. The van der Waals surface area contributed by atoms with Crippen LogP contribution in [0.5, 0.6) is 17.2 Å². The van der Waals surface area contributed by atoms with Crippen LogP contribution >= 0.6 is 0 Å². The Morgan fingerprint density at radius 2 is 1.29 bits per heavy atom. The standard InChI is InChI=1S/C28H28O6/c1-2-27(30)33-20-6-4-3-5-19-32-25-15-11-23(12-16-25)28(31)34-26-17-9-22(10-18-26)21-7-13-24(29)14-8-21/h2,7-18,29H,1,3-6,19-20H2. The Kier molecular flexibility index (Phi) is 9.29. The van der Waals surface area contributed by atoms with Gasteiger partial charge in [0.15, 0.2) is 0 Å². The van der Waals surface area contributed by atoms with Gasteiger partial charge in [-0.05, 0) is 85.3 Å². The Balaban J connectivity index is 1.38. The van der Waals surface area contributed by atoms with E-state index in [1.54, 1.807) is 48.5 Å². The molecule has 0 amide bonds. The smallest absolute Gasteiger partial charge is 0.343 e. The van der Waals surface area contributed by atoms with Gasteiger partial charge in [0.25, 0.3) is 0 Å². The molecule has 0 fully saturated rings.